The first-order valence-electron chi connectivity index (χ1n) is 4.81. The summed E-state index contributed by atoms with van der Waals surface area (Å²) in [5.41, 5.74) is 7.77. The normalized spacial score (nSPS) is 21.4. The van der Waals surface area contributed by atoms with Crippen molar-refractivity contribution in [1.82, 2.24) is 10.3 Å². The van der Waals surface area contributed by atoms with Crippen LogP contribution in [0, 0.1) is 5.41 Å². The van der Waals surface area contributed by atoms with Gasteiger partial charge in [0.1, 0.15) is 0 Å². The SMILES string of the molecule is CNCC1(C(N)c2cc[nH]c2)CC1. The summed E-state index contributed by atoms with van der Waals surface area (Å²) < 4.78 is 0. The number of hydrogen-bond donors (Lipinski definition) is 3. The molecule has 72 valence electrons. The molecule has 13 heavy (non-hydrogen) atoms. The average molecular weight is 179 g/mol. The molecule has 0 amide bonds. The van der Waals surface area contributed by atoms with E-state index in [2.05, 4.69) is 16.4 Å². The van der Waals surface area contributed by atoms with Crippen LogP contribution in [0.5, 0.6) is 0 Å². The topological polar surface area (TPSA) is 53.8 Å². The van der Waals surface area contributed by atoms with Gasteiger partial charge in [-0.05, 0) is 31.5 Å². The molecule has 1 aromatic rings. The van der Waals surface area contributed by atoms with Crippen LogP contribution in [-0.2, 0) is 0 Å². The van der Waals surface area contributed by atoms with Crippen LogP contribution in [0.15, 0.2) is 18.5 Å². The fraction of sp³-hybridized carbons (Fsp3) is 0.600. The van der Waals surface area contributed by atoms with Gasteiger partial charge in [0.15, 0.2) is 0 Å². The van der Waals surface area contributed by atoms with Gasteiger partial charge in [-0.1, -0.05) is 0 Å². The third-order valence-electron chi connectivity index (χ3n) is 3.06. The minimum Gasteiger partial charge on any atom is -0.367 e. The molecule has 1 aliphatic rings. The third-order valence-corrected chi connectivity index (χ3v) is 3.06. The van der Waals surface area contributed by atoms with Gasteiger partial charge in [0.25, 0.3) is 0 Å². The van der Waals surface area contributed by atoms with Gasteiger partial charge >= 0.3 is 0 Å². The Balaban J connectivity index is 2.09. The molecule has 4 N–H and O–H groups in total. The first-order valence-corrected chi connectivity index (χ1v) is 4.81. The molecule has 0 spiro atoms. The van der Waals surface area contributed by atoms with Crippen molar-refractivity contribution >= 4 is 0 Å². The molecular weight excluding hydrogens is 162 g/mol. The van der Waals surface area contributed by atoms with Gasteiger partial charge in [-0.25, -0.2) is 0 Å². The Morgan fingerprint density at radius 1 is 1.69 bits per heavy atom. The third kappa shape index (κ3) is 1.49. The lowest BCUT2D eigenvalue weighted by molar-refractivity contribution is 0.392. The second kappa shape index (κ2) is 3.16. The van der Waals surface area contributed by atoms with Crippen LogP contribution < -0.4 is 11.1 Å². The molecule has 3 heteroatoms. The standard InChI is InChI=1S/C10H17N3/c1-12-7-10(3-4-10)9(11)8-2-5-13-6-8/h2,5-6,9,12-13H,3-4,7,11H2,1H3. The molecule has 1 saturated carbocycles. The molecule has 1 unspecified atom stereocenters. The van der Waals surface area contributed by atoms with Crippen molar-refractivity contribution in [3.05, 3.63) is 24.0 Å². The van der Waals surface area contributed by atoms with Gasteiger partial charge < -0.3 is 16.0 Å². The number of nitrogens with one attached hydrogen (secondary N) is 2. The van der Waals surface area contributed by atoms with E-state index in [-0.39, 0.29) is 6.04 Å². The number of rotatable bonds is 4. The Kier molecular flexibility index (Phi) is 2.14. The summed E-state index contributed by atoms with van der Waals surface area (Å²) in [5.74, 6) is 0. The van der Waals surface area contributed by atoms with E-state index in [1.165, 1.54) is 18.4 Å². The van der Waals surface area contributed by atoms with Crippen LogP contribution in [0.1, 0.15) is 24.4 Å². The van der Waals surface area contributed by atoms with E-state index in [0.717, 1.165) is 6.54 Å². The van der Waals surface area contributed by atoms with Crippen molar-refractivity contribution in [3.8, 4) is 0 Å². The number of nitrogens with two attached hydrogens (primary N) is 1. The summed E-state index contributed by atoms with van der Waals surface area (Å²) in [6.07, 6.45) is 6.44. The van der Waals surface area contributed by atoms with Gasteiger partial charge in [0.05, 0.1) is 0 Å². The zero-order valence-electron chi connectivity index (χ0n) is 8.01. The maximum atomic E-state index is 6.21. The molecule has 0 saturated heterocycles. The summed E-state index contributed by atoms with van der Waals surface area (Å²) in [6.45, 7) is 1.03. The lowest BCUT2D eigenvalue weighted by Crippen LogP contribution is -2.31. The van der Waals surface area contributed by atoms with Crippen LogP contribution >= 0.6 is 0 Å². The summed E-state index contributed by atoms with van der Waals surface area (Å²) in [5, 5.41) is 3.22. The molecule has 0 aliphatic heterocycles. The minimum absolute atomic E-state index is 0.186. The largest absolute Gasteiger partial charge is 0.367 e. The van der Waals surface area contributed by atoms with E-state index in [4.69, 9.17) is 5.73 Å². The Morgan fingerprint density at radius 3 is 2.92 bits per heavy atom. The maximum absolute atomic E-state index is 6.21. The highest BCUT2D eigenvalue weighted by atomic mass is 14.9. The van der Waals surface area contributed by atoms with Crippen molar-refractivity contribution in [2.75, 3.05) is 13.6 Å². The molecule has 1 atom stereocenters. The van der Waals surface area contributed by atoms with Crippen LogP contribution in [-0.4, -0.2) is 18.6 Å². The molecule has 0 aromatic carbocycles. The Morgan fingerprint density at radius 2 is 2.46 bits per heavy atom. The summed E-state index contributed by atoms with van der Waals surface area (Å²) in [6, 6.07) is 2.26. The number of aromatic amines is 1. The zero-order valence-corrected chi connectivity index (χ0v) is 8.01. The zero-order chi connectivity index (χ0) is 9.31. The van der Waals surface area contributed by atoms with Crippen LogP contribution in [0.4, 0.5) is 0 Å². The van der Waals surface area contributed by atoms with Gasteiger partial charge in [0.2, 0.25) is 0 Å². The van der Waals surface area contributed by atoms with Crippen LogP contribution in [0.25, 0.3) is 0 Å². The Bertz CT molecular complexity index is 262. The fourth-order valence-corrected chi connectivity index (χ4v) is 1.99. The lowest BCUT2D eigenvalue weighted by atomic mass is 9.92. The second-order valence-electron chi connectivity index (χ2n) is 4.01. The van der Waals surface area contributed by atoms with Gasteiger partial charge in [-0.2, -0.15) is 0 Å². The monoisotopic (exact) mass is 179 g/mol. The smallest absolute Gasteiger partial charge is 0.0379 e. The predicted octanol–water partition coefficient (Wildman–Crippen LogP) is 1.01. The molecule has 3 nitrogen and oxygen atoms in total. The predicted molar refractivity (Wildman–Crippen MR) is 53.3 cm³/mol. The minimum atomic E-state index is 0.186. The first kappa shape index (κ1) is 8.78. The van der Waals surface area contributed by atoms with E-state index in [1.54, 1.807) is 0 Å². The van der Waals surface area contributed by atoms with Crippen LogP contribution in [0.2, 0.25) is 0 Å². The highest BCUT2D eigenvalue weighted by Crippen LogP contribution is 2.53. The maximum Gasteiger partial charge on any atom is 0.0379 e. The number of aromatic nitrogens is 1. The molecule has 0 radical (unpaired) electrons. The number of H-pyrrole nitrogens is 1. The number of hydrogen-bond acceptors (Lipinski definition) is 2. The average Bonchev–Trinajstić information content (AvgIpc) is 2.72. The van der Waals surface area contributed by atoms with Crippen molar-refractivity contribution in [3.63, 3.8) is 0 Å². The van der Waals surface area contributed by atoms with Gasteiger partial charge in [-0.15, -0.1) is 0 Å². The molecule has 2 rings (SSSR count). The fourth-order valence-electron chi connectivity index (χ4n) is 1.99. The van der Waals surface area contributed by atoms with E-state index in [9.17, 15) is 0 Å². The van der Waals surface area contributed by atoms with Crippen molar-refractivity contribution in [2.45, 2.75) is 18.9 Å². The molecule has 1 fully saturated rings. The van der Waals surface area contributed by atoms with Crippen molar-refractivity contribution in [1.29, 1.82) is 0 Å². The van der Waals surface area contributed by atoms with Gasteiger partial charge in [0, 0.05) is 30.4 Å². The highest BCUT2D eigenvalue weighted by Gasteiger charge is 2.47. The summed E-state index contributed by atoms with van der Waals surface area (Å²) >= 11 is 0. The van der Waals surface area contributed by atoms with Gasteiger partial charge in [-0.3, -0.25) is 0 Å². The van der Waals surface area contributed by atoms with E-state index < -0.39 is 0 Å². The Hall–Kier alpha value is -0.800. The highest BCUT2D eigenvalue weighted by molar-refractivity contribution is 5.20. The quantitative estimate of drug-likeness (QED) is 0.646. The first-order chi connectivity index (χ1) is 6.28. The molecule has 1 heterocycles. The van der Waals surface area contributed by atoms with Crippen molar-refractivity contribution < 1.29 is 0 Å². The van der Waals surface area contributed by atoms with E-state index >= 15 is 0 Å². The molecular formula is C10H17N3. The molecule has 1 aliphatic carbocycles. The second-order valence-corrected chi connectivity index (χ2v) is 4.01. The summed E-state index contributed by atoms with van der Waals surface area (Å²) in [7, 11) is 1.99. The van der Waals surface area contributed by atoms with Crippen LogP contribution in [0.3, 0.4) is 0 Å². The Labute approximate surface area is 78.7 Å². The van der Waals surface area contributed by atoms with Crippen molar-refractivity contribution in [2.24, 2.45) is 11.1 Å². The molecule has 1 aromatic heterocycles. The molecule has 0 bridgehead atoms. The lowest BCUT2D eigenvalue weighted by Gasteiger charge is -2.22. The van der Waals surface area contributed by atoms with E-state index in [0.29, 0.717) is 5.41 Å². The summed E-state index contributed by atoms with van der Waals surface area (Å²) in [4.78, 5) is 3.05. The van der Waals surface area contributed by atoms with E-state index in [1.807, 2.05) is 19.4 Å².